The molecule has 0 aromatic heterocycles. The fraction of sp³-hybridized carbons (Fsp3) is 0.692. The fourth-order valence-corrected chi connectivity index (χ4v) is 7.28. The molecule has 4 rings (SSSR count). The molecule has 0 bridgehead atoms. The van der Waals surface area contributed by atoms with E-state index >= 15 is 0 Å². The molecular formula is C26H36O7. The van der Waals surface area contributed by atoms with Crippen LogP contribution in [-0.2, 0) is 11.3 Å². The van der Waals surface area contributed by atoms with Crippen molar-refractivity contribution in [3.8, 4) is 11.5 Å². The van der Waals surface area contributed by atoms with Gasteiger partial charge in [-0.15, -0.1) is 0 Å². The first-order valence-corrected chi connectivity index (χ1v) is 11.8. The molecule has 4 atom stereocenters. The minimum absolute atomic E-state index is 0.00163. The summed E-state index contributed by atoms with van der Waals surface area (Å²) in [4.78, 5) is 24.3. The van der Waals surface area contributed by atoms with Crippen LogP contribution in [0.4, 0.5) is 0 Å². The lowest BCUT2D eigenvalue weighted by atomic mass is 9.46. The number of carbonyl (C=O) groups excluding carboxylic acids is 1. The Labute approximate surface area is 195 Å². The molecule has 7 heteroatoms. The predicted molar refractivity (Wildman–Crippen MR) is 122 cm³/mol. The van der Waals surface area contributed by atoms with E-state index < -0.39 is 17.5 Å². The van der Waals surface area contributed by atoms with Crippen molar-refractivity contribution in [1.82, 2.24) is 0 Å². The second-order valence-corrected chi connectivity index (χ2v) is 11.3. The SMILES string of the molecule is COc1c(C)c(OC[C@@H]2[C@@]3(C)CCCC(C)(C)[C@@H]3CC[C@@]2(C)O)c2c(c1C(=O)O)C(=O)OC2. The molecule has 0 saturated heterocycles. The Morgan fingerprint density at radius 2 is 1.85 bits per heavy atom. The van der Waals surface area contributed by atoms with Gasteiger partial charge in [0, 0.05) is 17.0 Å². The Kier molecular flexibility index (Phi) is 5.71. The average Bonchev–Trinajstić information content (AvgIpc) is 3.07. The van der Waals surface area contributed by atoms with Gasteiger partial charge in [-0.25, -0.2) is 9.59 Å². The van der Waals surface area contributed by atoms with Crippen molar-refractivity contribution in [3.63, 3.8) is 0 Å². The van der Waals surface area contributed by atoms with Gasteiger partial charge in [0.2, 0.25) is 0 Å². The molecule has 2 saturated carbocycles. The number of benzene rings is 1. The number of rotatable bonds is 5. The molecule has 1 aromatic rings. The summed E-state index contributed by atoms with van der Waals surface area (Å²) in [5.74, 6) is -1.03. The third-order valence-electron chi connectivity index (χ3n) is 8.86. The lowest BCUT2D eigenvalue weighted by molar-refractivity contribution is -0.176. The first kappa shape index (κ1) is 23.9. The molecule has 0 unspecified atom stereocenters. The van der Waals surface area contributed by atoms with Gasteiger partial charge in [0.25, 0.3) is 0 Å². The zero-order valence-electron chi connectivity index (χ0n) is 20.5. The van der Waals surface area contributed by atoms with Gasteiger partial charge < -0.3 is 24.4 Å². The molecule has 0 amide bonds. The zero-order valence-corrected chi connectivity index (χ0v) is 20.5. The van der Waals surface area contributed by atoms with Gasteiger partial charge in [-0.05, 0) is 56.3 Å². The third-order valence-corrected chi connectivity index (χ3v) is 8.86. The van der Waals surface area contributed by atoms with Gasteiger partial charge in [0.05, 0.1) is 24.9 Å². The van der Waals surface area contributed by atoms with Crippen molar-refractivity contribution >= 4 is 11.9 Å². The molecule has 0 spiro atoms. The molecular weight excluding hydrogens is 424 g/mol. The van der Waals surface area contributed by atoms with Gasteiger partial charge in [-0.2, -0.15) is 0 Å². The molecule has 33 heavy (non-hydrogen) atoms. The maximum atomic E-state index is 12.4. The highest BCUT2D eigenvalue weighted by molar-refractivity contribution is 6.08. The molecule has 1 aliphatic heterocycles. The summed E-state index contributed by atoms with van der Waals surface area (Å²) in [5.41, 5.74) is 0.00478. The Balaban J connectivity index is 1.74. The summed E-state index contributed by atoms with van der Waals surface area (Å²) >= 11 is 0. The number of hydrogen-bond donors (Lipinski definition) is 2. The smallest absolute Gasteiger partial charge is 0.340 e. The zero-order chi connectivity index (χ0) is 24.3. The number of fused-ring (bicyclic) bond motifs is 2. The van der Waals surface area contributed by atoms with E-state index in [2.05, 4.69) is 20.8 Å². The number of carbonyl (C=O) groups is 2. The summed E-state index contributed by atoms with van der Waals surface area (Å²) in [6, 6.07) is 0. The standard InChI is InChI=1S/C26H36O7/c1-14-20(15-12-33-23(29)18(15)19(22(27)28)21(14)31-6)32-13-17-25(4)10-7-9-24(2,3)16(25)8-11-26(17,5)30/h16-17,30H,7-13H2,1-6H3,(H,27,28)/t16-,17+,25-,26+/m0/s1. The molecule has 2 aliphatic carbocycles. The van der Waals surface area contributed by atoms with E-state index in [4.69, 9.17) is 14.2 Å². The second kappa shape index (κ2) is 7.90. The monoisotopic (exact) mass is 460 g/mol. The first-order chi connectivity index (χ1) is 15.3. The van der Waals surface area contributed by atoms with Gasteiger partial charge in [-0.1, -0.05) is 27.2 Å². The Bertz CT molecular complexity index is 993. The van der Waals surface area contributed by atoms with Gasteiger partial charge >= 0.3 is 11.9 Å². The molecule has 3 aliphatic rings. The van der Waals surface area contributed by atoms with Crippen molar-refractivity contribution in [3.05, 3.63) is 22.3 Å². The van der Waals surface area contributed by atoms with Gasteiger partial charge in [0.15, 0.2) is 0 Å². The highest BCUT2D eigenvalue weighted by Crippen LogP contribution is 2.62. The van der Waals surface area contributed by atoms with E-state index in [0.717, 1.165) is 19.3 Å². The Morgan fingerprint density at radius 3 is 2.48 bits per heavy atom. The minimum atomic E-state index is -1.24. The lowest BCUT2D eigenvalue weighted by Gasteiger charge is -2.61. The van der Waals surface area contributed by atoms with Crippen LogP contribution in [0.1, 0.15) is 91.6 Å². The van der Waals surface area contributed by atoms with E-state index in [9.17, 15) is 19.8 Å². The van der Waals surface area contributed by atoms with Crippen LogP contribution in [0.3, 0.4) is 0 Å². The van der Waals surface area contributed by atoms with Crippen molar-refractivity contribution in [2.75, 3.05) is 13.7 Å². The van der Waals surface area contributed by atoms with Crippen LogP contribution in [0.15, 0.2) is 0 Å². The number of carboxylic acids is 1. The largest absolute Gasteiger partial charge is 0.495 e. The molecule has 0 radical (unpaired) electrons. The van der Waals surface area contributed by atoms with E-state index in [-0.39, 0.29) is 46.8 Å². The van der Waals surface area contributed by atoms with Crippen LogP contribution >= 0.6 is 0 Å². The number of aliphatic hydroxyl groups is 1. The number of methoxy groups -OCH3 is 1. The summed E-state index contributed by atoms with van der Waals surface area (Å²) in [7, 11) is 1.38. The second-order valence-electron chi connectivity index (χ2n) is 11.3. The van der Waals surface area contributed by atoms with E-state index in [1.807, 2.05) is 6.92 Å². The molecule has 182 valence electrons. The van der Waals surface area contributed by atoms with Crippen LogP contribution in [0.25, 0.3) is 0 Å². The highest BCUT2D eigenvalue weighted by Gasteiger charge is 2.58. The summed E-state index contributed by atoms with van der Waals surface area (Å²) in [6.45, 7) is 10.8. The van der Waals surface area contributed by atoms with E-state index in [1.165, 1.54) is 13.5 Å². The van der Waals surface area contributed by atoms with E-state index in [0.29, 0.717) is 29.2 Å². The van der Waals surface area contributed by atoms with Crippen molar-refractivity contribution < 1.29 is 34.0 Å². The summed E-state index contributed by atoms with van der Waals surface area (Å²) in [6.07, 6.45) is 5.04. The normalized spacial score (nSPS) is 32.5. The number of ether oxygens (including phenoxy) is 3. The number of cyclic esters (lactones) is 1. The number of carboxylic acid groups (broad SMARTS) is 1. The van der Waals surface area contributed by atoms with Gasteiger partial charge in [-0.3, -0.25) is 0 Å². The topological polar surface area (TPSA) is 102 Å². The molecule has 1 aromatic carbocycles. The molecule has 2 fully saturated rings. The Morgan fingerprint density at radius 1 is 1.15 bits per heavy atom. The van der Waals surface area contributed by atoms with Crippen molar-refractivity contribution in [2.24, 2.45) is 22.7 Å². The quantitative estimate of drug-likeness (QED) is 0.612. The highest BCUT2D eigenvalue weighted by atomic mass is 16.5. The van der Waals surface area contributed by atoms with Crippen LogP contribution in [0.2, 0.25) is 0 Å². The minimum Gasteiger partial charge on any atom is -0.495 e. The number of aromatic carboxylic acids is 1. The number of esters is 1. The Hall–Kier alpha value is -2.28. The van der Waals surface area contributed by atoms with Crippen molar-refractivity contribution in [2.45, 2.75) is 78.9 Å². The van der Waals surface area contributed by atoms with Crippen LogP contribution in [0, 0.1) is 29.6 Å². The lowest BCUT2D eigenvalue weighted by Crippen LogP contribution is -2.59. The van der Waals surface area contributed by atoms with Gasteiger partial charge in [0.1, 0.15) is 23.7 Å². The van der Waals surface area contributed by atoms with Crippen LogP contribution in [0.5, 0.6) is 11.5 Å². The third kappa shape index (κ3) is 3.59. The summed E-state index contributed by atoms with van der Waals surface area (Å²) in [5, 5.41) is 21.2. The van der Waals surface area contributed by atoms with Crippen LogP contribution < -0.4 is 9.47 Å². The van der Waals surface area contributed by atoms with E-state index in [1.54, 1.807) is 6.92 Å². The summed E-state index contributed by atoms with van der Waals surface area (Å²) < 4.78 is 17.0. The predicted octanol–water partition coefficient (Wildman–Crippen LogP) is 4.74. The average molecular weight is 461 g/mol. The first-order valence-electron chi connectivity index (χ1n) is 11.8. The maximum absolute atomic E-state index is 12.4. The molecule has 1 heterocycles. The molecule has 7 nitrogen and oxygen atoms in total. The molecule has 2 N–H and O–H groups in total. The van der Waals surface area contributed by atoms with Crippen molar-refractivity contribution in [1.29, 1.82) is 0 Å². The maximum Gasteiger partial charge on any atom is 0.340 e. The van der Waals surface area contributed by atoms with Crippen LogP contribution in [-0.4, -0.2) is 41.5 Å². The fourth-order valence-electron chi connectivity index (χ4n) is 7.28. The number of hydrogen-bond acceptors (Lipinski definition) is 6.